The molecule has 1 saturated carbocycles. The zero-order valence-corrected chi connectivity index (χ0v) is 9.37. The molecule has 82 valence electrons. The molecule has 1 aromatic carbocycles. The predicted octanol–water partition coefficient (Wildman–Crippen LogP) is 2.43. The van der Waals surface area contributed by atoms with Crippen LogP contribution in [0.25, 0.3) is 0 Å². The summed E-state index contributed by atoms with van der Waals surface area (Å²) in [5.41, 5.74) is 0.653. The first-order valence-electron chi connectivity index (χ1n) is 5.17. The molecule has 1 aromatic rings. The summed E-state index contributed by atoms with van der Waals surface area (Å²) in [6.45, 7) is 0. The van der Waals surface area contributed by atoms with Crippen LogP contribution in [-0.2, 0) is 4.79 Å². The fourth-order valence-electron chi connectivity index (χ4n) is 1.49. The lowest BCUT2D eigenvalue weighted by Crippen LogP contribution is -2.28. The summed E-state index contributed by atoms with van der Waals surface area (Å²) < 4.78 is 0. The van der Waals surface area contributed by atoms with Crippen LogP contribution >= 0.6 is 11.6 Å². The molecule has 0 saturated heterocycles. The SMILES string of the molecule is N#CC(NC(=O)C1CC1)c1ccccc1Cl. The predicted molar refractivity (Wildman–Crippen MR) is 60.7 cm³/mol. The van der Waals surface area contributed by atoms with E-state index >= 15 is 0 Å². The lowest BCUT2D eigenvalue weighted by Gasteiger charge is -2.12. The molecular weight excluding hydrogens is 224 g/mol. The van der Waals surface area contributed by atoms with Gasteiger partial charge in [-0.15, -0.1) is 0 Å². The van der Waals surface area contributed by atoms with Crippen molar-refractivity contribution in [2.24, 2.45) is 5.92 Å². The average Bonchev–Trinajstić information content (AvgIpc) is 3.10. The number of halogens is 1. The fraction of sp³-hybridized carbons (Fsp3) is 0.333. The second-order valence-corrected chi connectivity index (χ2v) is 4.27. The first kappa shape index (κ1) is 11.0. The first-order chi connectivity index (χ1) is 7.72. The standard InChI is InChI=1S/C12H11ClN2O/c13-10-4-2-1-3-9(10)11(7-14)15-12(16)8-5-6-8/h1-4,8,11H,5-6H2,(H,15,16). The van der Waals surface area contributed by atoms with Crippen molar-refractivity contribution in [3.8, 4) is 6.07 Å². The molecular formula is C12H11ClN2O. The van der Waals surface area contributed by atoms with E-state index in [1.165, 1.54) is 0 Å². The van der Waals surface area contributed by atoms with Crippen LogP contribution in [0.2, 0.25) is 5.02 Å². The van der Waals surface area contributed by atoms with Crippen molar-refractivity contribution < 1.29 is 4.79 Å². The van der Waals surface area contributed by atoms with Gasteiger partial charge in [0.25, 0.3) is 0 Å². The van der Waals surface area contributed by atoms with E-state index in [0.717, 1.165) is 12.8 Å². The lowest BCUT2D eigenvalue weighted by atomic mass is 10.1. The van der Waals surface area contributed by atoms with Crippen LogP contribution in [0.15, 0.2) is 24.3 Å². The molecule has 1 fully saturated rings. The van der Waals surface area contributed by atoms with Gasteiger partial charge in [-0.05, 0) is 18.9 Å². The molecule has 1 N–H and O–H groups in total. The Balaban J connectivity index is 2.13. The van der Waals surface area contributed by atoms with Crippen molar-refractivity contribution in [1.29, 1.82) is 5.26 Å². The Morgan fingerprint density at radius 3 is 2.75 bits per heavy atom. The van der Waals surface area contributed by atoms with Crippen molar-refractivity contribution >= 4 is 17.5 Å². The van der Waals surface area contributed by atoms with E-state index in [2.05, 4.69) is 11.4 Å². The second-order valence-electron chi connectivity index (χ2n) is 3.87. The molecule has 1 aliphatic rings. The summed E-state index contributed by atoms with van der Waals surface area (Å²) in [5, 5.41) is 12.2. The summed E-state index contributed by atoms with van der Waals surface area (Å²) in [6.07, 6.45) is 1.85. The molecule has 16 heavy (non-hydrogen) atoms. The number of hydrogen-bond acceptors (Lipinski definition) is 2. The average molecular weight is 235 g/mol. The number of nitrogens with zero attached hydrogens (tertiary/aromatic N) is 1. The van der Waals surface area contributed by atoms with Gasteiger partial charge in [-0.2, -0.15) is 5.26 Å². The molecule has 4 heteroatoms. The number of nitrogens with one attached hydrogen (secondary N) is 1. The Kier molecular flexibility index (Phi) is 3.12. The third-order valence-corrected chi connectivity index (χ3v) is 2.92. The normalized spacial score (nSPS) is 16.2. The molecule has 1 unspecified atom stereocenters. The van der Waals surface area contributed by atoms with Gasteiger partial charge in [-0.3, -0.25) is 4.79 Å². The van der Waals surface area contributed by atoms with E-state index in [1.807, 2.05) is 0 Å². The van der Waals surface area contributed by atoms with Crippen LogP contribution in [0.3, 0.4) is 0 Å². The third kappa shape index (κ3) is 2.34. The summed E-state index contributed by atoms with van der Waals surface area (Å²) in [7, 11) is 0. The summed E-state index contributed by atoms with van der Waals surface area (Å²) in [5.74, 6) is 0.0461. The minimum atomic E-state index is -0.651. The number of carbonyl (C=O) groups excluding carboxylic acids is 1. The van der Waals surface area contributed by atoms with Gasteiger partial charge in [-0.25, -0.2) is 0 Å². The van der Waals surface area contributed by atoms with Crippen LogP contribution in [-0.4, -0.2) is 5.91 Å². The molecule has 0 heterocycles. The lowest BCUT2D eigenvalue weighted by molar-refractivity contribution is -0.122. The first-order valence-corrected chi connectivity index (χ1v) is 5.54. The van der Waals surface area contributed by atoms with E-state index in [4.69, 9.17) is 16.9 Å². The molecule has 2 rings (SSSR count). The molecule has 0 bridgehead atoms. The molecule has 1 amide bonds. The van der Waals surface area contributed by atoms with Gasteiger partial charge in [0.05, 0.1) is 6.07 Å². The van der Waals surface area contributed by atoms with Crippen molar-refractivity contribution in [3.63, 3.8) is 0 Å². The van der Waals surface area contributed by atoms with Gasteiger partial charge in [0.2, 0.25) is 5.91 Å². The van der Waals surface area contributed by atoms with E-state index in [0.29, 0.717) is 10.6 Å². The Hall–Kier alpha value is -1.53. The van der Waals surface area contributed by atoms with Crippen molar-refractivity contribution in [3.05, 3.63) is 34.9 Å². The number of hydrogen-bond donors (Lipinski definition) is 1. The summed E-state index contributed by atoms with van der Waals surface area (Å²) in [4.78, 5) is 11.6. The highest BCUT2D eigenvalue weighted by atomic mass is 35.5. The second kappa shape index (κ2) is 4.54. The van der Waals surface area contributed by atoms with Crippen LogP contribution in [0.1, 0.15) is 24.4 Å². The zero-order valence-electron chi connectivity index (χ0n) is 8.61. The molecule has 0 spiro atoms. The molecule has 0 aromatic heterocycles. The Labute approximate surface area is 99.0 Å². The highest BCUT2D eigenvalue weighted by molar-refractivity contribution is 6.31. The van der Waals surface area contributed by atoms with Crippen molar-refractivity contribution in [2.45, 2.75) is 18.9 Å². The smallest absolute Gasteiger partial charge is 0.224 e. The highest BCUT2D eigenvalue weighted by Gasteiger charge is 2.31. The maximum atomic E-state index is 11.6. The number of benzene rings is 1. The third-order valence-electron chi connectivity index (χ3n) is 2.58. The number of carbonyl (C=O) groups is 1. The zero-order chi connectivity index (χ0) is 11.5. The summed E-state index contributed by atoms with van der Waals surface area (Å²) in [6, 6.07) is 8.47. The van der Waals surface area contributed by atoms with E-state index in [-0.39, 0.29) is 11.8 Å². The topological polar surface area (TPSA) is 52.9 Å². The highest BCUT2D eigenvalue weighted by Crippen LogP contribution is 2.30. The minimum absolute atomic E-state index is 0.0496. The number of amides is 1. The number of nitriles is 1. The summed E-state index contributed by atoms with van der Waals surface area (Å²) >= 11 is 5.97. The van der Waals surface area contributed by atoms with Gasteiger partial charge in [0.15, 0.2) is 0 Å². The van der Waals surface area contributed by atoms with Crippen LogP contribution in [0, 0.1) is 17.2 Å². The van der Waals surface area contributed by atoms with Gasteiger partial charge < -0.3 is 5.32 Å². The minimum Gasteiger partial charge on any atom is -0.336 e. The van der Waals surface area contributed by atoms with Gasteiger partial charge >= 0.3 is 0 Å². The van der Waals surface area contributed by atoms with E-state index < -0.39 is 6.04 Å². The van der Waals surface area contributed by atoms with Crippen molar-refractivity contribution in [2.75, 3.05) is 0 Å². The van der Waals surface area contributed by atoms with Gasteiger partial charge in [0, 0.05) is 16.5 Å². The van der Waals surface area contributed by atoms with E-state index in [9.17, 15) is 4.79 Å². The van der Waals surface area contributed by atoms with Crippen LogP contribution < -0.4 is 5.32 Å². The monoisotopic (exact) mass is 234 g/mol. The maximum Gasteiger partial charge on any atom is 0.224 e. The quantitative estimate of drug-likeness (QED) is 0.873. The molecule has 3 nitrogen and oxygen atoms in total. The van der Waals surface area contributed by atoms with Crippen LogP contribution in [0.4, 0.5) is 0 Å². The van der Waals surface area contributed by atoms with E-state index in [1.54, 1.807) is 24.3 Å². The van der Waals surface area contributed by atoms with Gasteiger partial charge in [-0.1, -0.05) is 29.8 Å². The number of rotatable bonds is 3. The molecule has 0 aliphatic heterocycles. The Bertz CT molecular complexity index is 449. The van der Waals surface area contributed by atoms with Crippen LogP contribution in [0.5, 0.6) is 0 Å². The largest absolute Gasteiger partial charge is 0.336 e. The Morgan fingerprint density at radius 2 is 2.19 bits per heavy atom. The maximum absolute atomic E-state index is 11.6. The van der Waals surface area contributed by atoms with Gasteiger partial charge in [0.1, 0.15) is 6.04 Å². The van der Waals surface area contributed by atoms with Crippen molar-refractivity contribution in [1.82, 2.24) is 5.32 Å². The molecule has 0 radical (unpaired) electrons. The molecule has 1 aliphatic carbocycles. The molecule has 1 atom stereocenters. The Morgan fingerprint density at radius 1 is 1.50 bits per heavy atom. The fourth-order valence-corrected chi connectivity index (χ4v) is 1.74.